The van der Waals surface area contributed by atoms with Crippen molar-refractivity contribution in [1.29, 1.82) is 0 Å². The van der Waals surface area contributed by atoms with Crippen LogP contribution in [0, 0.1) is 0 Å². The Morgan fingerprint density at radius 2 is 1.94 bits per heavy atom. The van der Waals surface area contributed by atoms with Crippen LogP contribution in [0.3, 0.4) is 0 Å². The van der Waals surface area contributed by atoms with Crippen molar-refractivity contribution in [3.05, 3.63) is 0 Å². The summed E-state index contributed by atoms with van der Waals surface area (Å²) in [6.07, 6.45) is 8.03. The topological polar surface area (TPSA) is 46.6 Å². The minimum absolute atomic E-state index is 0.175. The van der Waals surface area contributed by atoms with E-state index in [-0.39, 0.29) is 11.3 Å². The average Bonchev–Trinajstić information content (AvgIpc) is 2.79. The standard InChI is InChI=1S/C13H25NO3S/c1-14(10-11-6-3-4-9-17-11)12-7-5-8-13(12)18(2,15)16/h11-13H,3-10H2,1-2H3. The normalized spacial score (nSPS) is 34.1. The van der Waals surface area contributed by atoms with Crippen LogP contribution in [-0.2, 0) is 14.6 Å². The van der Waals surface area contributed by atoms with Crippen molar-refractivity contribution in [2.45, 2.75) is 55.9 Å². The Morgan fingerprint density at radius 1 is 1.17 bits per heavy atom. The lowest BCUT2D eigenvalue weighted by molar-refractivity contribution is -0.00749. The molecule has 1 saturated carbocycles. The molecular weight excluding hydrogens is 250 g/mol. The van der Waals surface area contributed by atoms with Gasteiger partial charge in [0, 0.05) is 25.4 Å². The van der Waals surface area contributed by atoms with Crippen molar-refractivity contribution in [2.75, 3.05) is 26.5 Å². The lowest BCUT2D eigenvalue weighted by atomic mass is 10.1. The van der Waals surface area contributed by atoms with Gasteiger partial charge in [0.25, 0.3) is 0 Å². The molecule has 0 aromatic rings. The van der Waals surface area contributed by atoms with Crippen LogP contribution < -0.4 is 0 Å². The minimum Gasteiger partial charge on any atom is -0.377 e. The maximum Gasteiger partial charge on any atom is 0.151 e. The average molecular weight is 275 g/mol. The molecule has 0 radical (unpaired) electrons. The molecule has 1 saturated heterocycles. The van der Waals surface area contributed by atoms with Gasteiger partial charge in [-0.1, -0.05) is 6.42 Å². The fourth-order valence-electron chi connectivity index (χ4n) is 3.32. The predicted octanol–water partition coefficient (Wildman–Crippen LogP) is 1.45. The monoisotopic (exact) mass is 275 g/mol. The Kier molecular flexibility index (Phi) is 4.67. The van der Waals surface area contributed by atoms with Gasteiger partial charge in [0.2, 0.25) is 0 Å². The van der Waals surface area contributed by atoms with Crippen molar-refractivity contribution in [1.82, 2.24) is 4.90 Å². The summed E-state index contributed by atoms with van der Waals surface area (Å²) in [6, 6.07) is 0.186. The summed E-state index contributed by atoms with van der Waals surface area (Å²) >= 11 is 0. The molecule has 0 N–H and O–H groups in total. The highest BCUT2D eigenvalue weighted by molar-refractivity contribution is 7.91. The number of rotatable bonds is 4. The smallest absolute Gasteiger partial charge is 0.151 e. The van der Waals surface area contributed by atoms with Crippen LogP contribution in [0.4, 0.5) is 0 Å². The lowest BCUT2D eigenvalue weighted by Crippen LogP contribution is -2.45. The SMILES string of the molecule is CN(CC1CCCCO1)C1CCCC1S(C)(=O)=O. The number of hydrogen-bond acceptors (Lipinski definition) is 4. The molecule has 4 nitrogen and oxygen atoms in total. The third-order valence-corrected chi connectivity index (χ3v) is 5.95. The van der Waals surface area contributed by atoms with Gasteiger partial charge in [-0.15, -0.1) is 0 Å². The largest absolute Gasteiger partial charge is 0.377 e. The number of nitrogens with zero attached hydrogens (tertiary/aromatic N) is 1. The number of ether oxygens (including phenoxy) is 1. The zero-order valence-electron chi connectivity index (χ0n) is 11.5. The second-order valence-electron chi connectivity index (χ2n) is 5.79. The molecule has 2 fully saturated rings. The molecule has 0 spiro atoms. The van der Waals surface area contributed by atoms with Gasteiger partial charge < -0.3 is 4.74 Å². The van der Waals surface area contributed by atoms with Crippen molar-refractivity contribution >= 4 is 9.84 Å². The van der Waals surface area contributed by atoms with Gasteiger partial charge >= 0.3 is 0 Å². The van der Waals surface area contributed by atoms with E-state index in [4.69, 9.17) is 4.74 Å². The van der Waals surface area contributed by atoms with Gasteiger partial charge in [0.1, 0.15) is 0 Å². The Bertz CT molecular complexity index is 362. The van der Waals surface area contributed by atoms with Crippen LogP contribution in [0.15, 0.2) is 0 Å². The Balaban J connectivity index is 1.93. The summed E-state index contributed by atoms with van der Waals surface area (Å²) in [5.74, 6) is 0. The van der Waals surface area contributed by atoms with Gasteiger partial charge in [0.05, 0.1) is 11.4 Å². The van der Waals surface area contributed by atoms with Crippen LogP contribution in [0.2, 0.25) is 0 Å². The molecule has 3 atom stereocenters. The fourth-order valence-corrected chi connectivity index (χ4v) is 4.83. The molecule has 2 aliphatic rings. The van der Waals surface area contributed by atoms with E-state index in [9.17, 15) is 8.42 Å². The lowest BCUT2D eigenvalue weighted by Gasteiger charge is -2.33. The molecule has 1 heterocycles. The molecule has 2 rings (SSSR count). The third kappa shape index (κ3) is 3.45. The molecule has 3 unspecified atom stereocenters. The molecular formula is C13H25NO3S. The van der Waals surface area contributed by atoms with E-state index in [1.165, 1.54) is 12.7 Å². The van der Waals surface area contributed by atoms with E-state index in [0.29, 0.717) is 6.10 Å². The molecule has 18 heavy (non-hydrogen) atoms. The summed E-state index contributed by atoms with van der Waals surface area (Å²) in [5.41, 5.74) is 0. The van der Waals surface area contributed by atoms with E-state index in [1.807, 2.05) is 7.05 Å². The Morgan fingerprint density at radius 3 is 2.56 bits per heavy atom. The summed E-state index contributed by atoms with van der Waals surface area (Å²) in [5, 5.41) is -0.175. The van der Waals surface area contributed by atoms with Crippen molar-refractivity contribution in [2.24, 2.45) is 0 Å². The van der Waals surface area contributed by atoms with Gasteiger partial charge in [0.15, 0.2) is 9.84 Å². The van der Waals surface area contributed by atoms with Crippen LogP contribution in [-0.4, -0.2) is 57.2 Å². The quantitative estimate of drug-likeness (QED) is 0.779. The first kappa shape index (κ1) is 14.3. The second-order valence-corrected chi connectivity index (χ2v) is 8.06. The van der Waals surface area contributed by atoms with Gasteiger partial charge in [-0.05, 0) is 39.2 Å². The zero-order chi connectivity index (χ0) is 13.2. The number of sulfone groups is 1. The molecule has 1 aliphatic carbocycles. The van der Waals surface area contributed by atoms with Crippen LogP contribution in [0.25, 0.3) is 0 Å². The van der Waals surface area contributed by atoms with Crippen LogP contribution >= 0.6 is 0 Å². The molecule has 1 aliphatic heterocycles. The van der Waals surface area contributed by atoms with Gasteiger partial charge in [-0.25, -0.2) is 8.42 Å². The molecule has 0 aromatic carbocycles. The summed E-state index contributed by atoms with van der Waals surface area (Å²) in [6.45, 7) is 1.73. The molecule has 5 heteroatoms. The second kappa shape index (κ2) is 5.88. The summed E-state index contributed by atoms with van der Waals surface area (Å²) in [7, 11) is -0.872. The van der Waals surface area contributed by atoms with Crippen LogP contribution in [0.1, 0.15) is 38.5 Å². The summed E-state index contributed by atoms with van der Waals surface area (Å²) < 4.78 is 29.3. The predicted molar refractivity (Wildman–Crippen MR) is 72.5 cm³/mol. The van der Waals surface area contributed by atoms with Crippen molar-refractivity contribution in [3.8, 4) is 0 Å². The highest BCUT2D eigenvalue weighted by Gasteiger charge is 2.37. The van der Waals surface area contributed by atoms with E-state index in [2.05, 4.69) is 4.90 Å². The van der Waals surface area contributed by atoms with Gasteiger partial charge in [-0.2, -0.15) is 0 Å². The van der Waals surface area contributed by atoms with E-state index in [0.717, 1.165) is 45.3 Å². The molecule has 106 valence electrons. The first-order valence-corrected chi connectivity index (χ1v) is 8.94. The number of likely N-dealkylation sites (N-methyl/N-ethyl adjacent to an activating group) is 1. The zero-order valence-corrected chi connectivity index (χ0v) is 12.3. The molecule has 0 bridgehead atoms. The molecule has 0 aromatic heterocycles. The highest BCUT2D eigenvalue weighted by Crippen LogP contribution is 2.29. The van der Waals surface area contributed by atoms with Crippen molar-refractivity contribution in [3.63, 3.8) is 0 Å². The number of hydrogen-bond donors (Lipinski definition) is 0. The van der Waals surface area contributed by atoms with Crippen LogP contribution in [0.5, 0.6) is 0 Å². The third-order valence-electron chi connectivity index (χ3n) is 4.30. The first-order valence-electron chi connectivity index (χ1n) is 6.99. The van der Waals surface area contributed by atoms with E-state index < -0.39 is 9.84 Å². The van der Waals surface area contributed by atoms with E-state index >= 15 is 0 Å². The van der Waals surface area contributed by atoms with Gasteiger partial charge in [-0.3, -0.25) is 4.90 Å². The maximum atomic E-state index is 11.8. The minimum atomic E-state index is -2.92. The Labute approximate surface area is 111 Å². The molecule has 0 amide bonds. The summed E-state index contributed by atoms with van der Waals surface area (Å²) in [4.78, 5) is 2.22. The maximum absolute atomic E-state index is 11.8. The fraction of sp³-hybridized carbons (Fsp3) is 1.00. The van der Waals surface area contributed by atoms with E-state index in [1.54, 1.807) is 0 Å². The Hall–Kier alpha value is -0.130. The van der Waals surface area contributed by atoms with Crippen molar-refractivity contribution < 1.29 is 13.2 Å². The first-order chi connectivity index (χ1) is 8.48. The highest BCUT2D eigenvalue weighted by atomic mass is 32.2.